The number of carbonyl (C=O) groups is 1. The number of pyridine rings is 1. The summed E-state index contributed by atoms with van der Waals surface area (Å²) in [5.74, 6) is 0.464. The predicted molar refractivity (Wildman–Crippen MR) is 176 cm³/mol. The number of hydrogen-bond donors (Lipinski definition) is 2. The van der Waals surface area contributed by atoms with E-state index in [0.717, 1.165) is 72.7 Å². The van der Waals surface area contributed by atoms with E-state index in [2.05, 4.69) is 33.8 Å². The average Bonchev–Trinajstić information content (AvgIpc) is 3.60. The van der Waals surface area contributed by atoms with Crippen molar-refractivity contribution in [3.8, 4) is 21.8 Å². The fourth-order valence-corrected chi connectivity index (χ4v) is 8.89. The second kappa shape index (κ2) is 11.3. The molecule has 2 aliphatic heterocycles. The van der Waals surface area contributed by atoms with Crippen LogP contribution in [0.4, 0.5) is 0 Å². The standard InChI is InChI=1S/C36H38N4O4S/c1-20-34(45-21(2)37-20)29-13-10-24-27-19-31(35(41)39-14-16-44-17-15-39)40-30-18-23(36(42)43)8-9-26(30)32(22-6-4-3-5-7-22)33(40)25(27)11-12-28(24)38-29/h8-13,18,22,31,36,42-43H,3-7,14-17,19H2,1-2H3. The van der Waals surface area contributed by atoms with Crippen LogP contribution in [0.3, 0.4) is 0 Å². The molecule has 1 saturated heterocycles. The third kappa shape index (κ3) is 4.79. The minimum absolute atomic E-state index is 0.0876. The zero-order valence-electron chi connectivity index (χ0n) is 25.8. The molecule has 3 aliphatic rings. The van der Waals surface area contributed by atoms with Gasteiger partial charge in [-0.15, -0.1) is 11.3 Å². The van der Waals surface area contributed by atoms with Crippen LogP contribution in [0.2, 0.25) is 0 Å². The summed E-state index contributed by atoms with van der Waals surface area (Å²) < 4.78 is 7.84. The van der Waals surface area contributed by atoms with Gasteiger partial charge in [-0.3, -0.25) is 4.79 Å². The molecule has 2 aromatic carbocycles. The molecule has 8 nitrogen and oxygen atoms in total. The third-order valence-electron chi connectivity index (χ3n) is 10.1. The quantitative estimate of drug-likeness (QED) is 0.220. The SMILES string of the molecule is Cc1nc(C)c(-c2ccc3c4c(ccc3n2)-c2c(C3CCCCC3)c3ccc(C(O)O)cc3n2C(C(=O)N2CCOCC2)C4)s1. The van der Waals surface area contributed by atoms with Gasteiger partial charge in [-0.05, 0) is 61.9 Å². The highest BCUT2D eigenvalue weighted by Gasteiger charge is 2.39. The Labute approximate surface area is 266 Å². The van der Waals surface area contributed by atoms with Gasteiger partial charge in [0.25, 0.3) is 0 Å². The molecular weight excluding hydrogens is 584 g/mol. The number of carbonyl (C=O) groups excluding carboxylic acids is 1. The van der Waals surface area contributed by atoms with Crippen molar-refractivity contribution in [2.45, 2.75) is 70.6 Å². The molecule has 5 heterocycles. The molecule has 2 N–H and O–H groups in total. The van der Waals surface area contributed by atoms with E-state index in [0.29, 0.717) is 44.2 Å². The summed E-state index contributed by atoms with van der Waals surface area (Å²) >= 11 is 1.67. The molecule has 232 valence electrons. The molecule has 1 aliphatic carbocycles. The van der Waals surface area contributed by atoms with Crippen LogP contribution in [0.15, 0.2) is 42.5 Å². The normalized spacial score (nSPS) is 19.0. The molecule has 8 rings (SSSR count). The van der Waals surface area contributed by atoms with Crippen molar-refractivity contribution in [1.29, 1.82) is 0 Å². The Morgan fingerprint density at radius 3 is 2.49 bits per heavy atom. The lowest BCUT2D eigenvalue weighted by atomic mass is 9.80. The van der Waals surface area contributed by atoms with Crippen LogP contribution in [0, 0.1) is 13.8 Å². The number of amides is 1. The number of ether oxygens (including phenoxy) is 1. The minimum Gasteiger partial charge on any atom is -0.378 e. The van der Waals surface area contributed by atoms with Crippen LogP contribution in [0.25, 0.3) is 43.6 Å². The summed E-state index contributed by atoms with van der Waals surface area (Å²) in [7, 11) is 0. The summed E-state index contributed by atoms with van der Waals surface area (Å²) in [5.41, 5.74) is 8.88. The van der Waals surface area contributed by atoms with Crippen molar-refractivity contribution < 1.29 is 19.7 Å². The largest absolute Gasteiger partial charge is 0.378 e. The van der Waals surface area contributed by atoms with E-state index in [4.69, 9.17) is 9.72 Å². The highest BCUT2D eigenvalue weighted by molar-refractivity contribution is 7.15. The summed E-state index contributed by atoms with van der Waals surface area (Å²) in [5, 5.41) is 23.5. The molecule has 5 aromatic rings. The minimum atomic E-state index is -1.59. The fraction of sp³-hybridized carbons (Fsp3) is 0.417. The van der Waals surface area contributed by atoms with Crippen molar-refractivity contribution in [2.75, 3.05) is 26.3 Å². The number of aromatic nitrogens is 3. The van der Waals surface area contributed by atoms with Crippen molar-refractivity contribution in [3.63, 3.8) is 0 Å². The molecule has 2 fully saturated rings. The van der Waals surface area contributed by atoms with Crippen LogP contribution in [0.5, 0.6) is 0 Å². The first kappa shape index (κ1) is 28.8. The predicted octanol–water partition coefficient (Wildman–Crippen LogP) is 6.58. The van der Waals surface area contributed by atoms with Gasteiger partial charge < -0.3 is 24.4 Å². The van der Waals surface area contributed by atoms with Crippen LogP contribution < -0.4 is 0 Å². The van der Waals surface area contributed by atoms with E-state index in [9.17, 15) is 15.0 Å². The molecule has 1 atom stereocenters. The molecule has 1 saturated carbocycles. The second-order valence-corrected chi connectivity index (χ2v) is 14.0. The van der Waals surface area contributed by atoms with Gasteiger partial charge in [-0.25, -0.2) is 9.97 Å². The Bertz CT molecular complexity index is 1950. The lowest BCUT2D eigenvalue weighted by molar-refractivity contribution is -0.138. The smallest absolute Gasteiger partial charge is 0.246 e. The van der Waals surface area contributed by atoms with E-state index in [-0.39, 0.29) is 5.91 Å². The Morgan fingerprint density at radius 1 is 0.978 bits per heavy atom. The molecule has 0 bridgehead atoms. The maximum absolute atomic E-state index is 14.5. The van der Waals surface area contributed by atoms with Gasteiger partial charge in [0.1, 0.15) is 6.04 Å². The first-order valence-corrected chi connectivity index (χ1v) is 17.0. The average molecular weight is 623 g/mol. The number of aliphatic hydroxyl groups is 2. The zero-order chi connectivity index (χ0) is 30.8. The Morgan fingerprint density at radius 2 is 1.76 bits per heavy atom. The number of fused-ring (bicyclic) bond motifs is 7. The van der Waals surface area contributed by atoms with Gasteiger partial charge >= 0.3 is 0 Å². The van der Waals surface area contributed by atoms with Crippen molar-refractivity contribution in [3.05, 3.63) is 69.9 Å². The molecule has 45 heavy (non-hydrogen) atoms. The van der Waals surface area contributed by atoms with E-state index >= 15 is 0 Å². The third-order valence-corrected chi connectivity index (χ3v) is 11.2. The lowest BCUT2D eigenvalue weighted by Gasteiger charge is -2.35. The first-order valence-electron chi connectivity index (χ1n) is 16.2. The van der Waals surface area contributed by atoms with Gasteiger partial charge in [0.2, 0.25) is 5.91 Å². The summed E-state index contributed by atoms with van der Waals surface area (Å²) in [6.45, 7) is 6.27. The van der Waals surface area contributed by atoms with E-state index in [1.54, 1.807) is 11.3 Å². The van der Waals surface area contributed by atoms with E-state index in [1.165, 1.54) is 24.8 Å². The second-order valence-electron chi connectivity index (χ2n) is 12.8. The number of morpholine rings is 1. The number of hydrogen-bond acceptors (Lipinski definition) is 7. The zero-order valence-corrected chi connectivity index (χ0v) is 26.6. The highest BCUT2D eigenvalue weighted by Crippen LogP contribution is 2.50. The topological polar surface area (TPSA) is 101 Å². The van der Waals surface area contributed by atoms with Gasteiger partial charge in [-0.1, -0.05) is 43.5 Å². The molecular formula is C36H38N4O4S. The van der Waals surface area contributed by atoms with Crippen LogP contribution >= 0.6 is 11.3 Å². The Hall–Kier alpha value is -3.63. The van der Waals surface area contributed by atoms with Gasteiger partial charge in [-0.2, -0.15) is 0 Å². The number of nitrogens with zero attached hydrogens (tertiary/aromatic N) is 4. The number of benzene rings is 2. The molecule has 0 radical (unpaired) electrons. The monoisotopic (exact) mass is 622 g/mol. The Balaban J connectivity index is 1.38. The van der Waals surface area contributed by atoms with Crippen LogP contribution in [-0.4, -0.2) is 61.9 Å². The molecule has 9 heteroatoms. The molecule has 1 amide bonds. The number of aryl methyl sites for hydroxylation is 2. The summed E-state index contributed by atoms with van der Waals surface area (Å²) in [4.78, 5) is 27.3. The van der Waals surface area contributed by atoms with Gasteiger partial charge in [0, 0.05) is 41.4 Å². The summed E-state index contributed by atoms with van der Waals surface area (Å²) in [6.07, 6.45) is 4.80. The van der Waals surface area contributed by atoms with Crippen molar-refractivity contribution in [2.24, 2.45) is 0 Å². The fourth-order valence-electron chi connectivity index (χ4n) is 8.00. The molecule has 1 unspecified atom stereocenters. The first-order chi connectivity index (χ1) is 21.9. The van der Waals surface area contributed by atoms with E-state index < -0.39 is 12.3 Å². The van der Waals surface area contributed by atoms with Crippen molar-refractivity contribution in [1.82, 2.24) is 19.4 Å². The highest BCUT2D eigenvalue weighted by atomic mass is 32.1. The maximum atomic E-state index is 14.5. The van der Waals surface area contributed by atoms with E-state index in [1.807, 2.05) is 36.9 Å². The summed E-state index contributed by atoms with van der Waals surface area (Å²) in [6, 6.07) is 13.9. The van der Waals surface area contributed by atoms with Crippen LogP contribution in [0.1, 0.15) is 77.7 Å². The van der Waals surface area contributed by atoms with Crippen LogP contribution in [-0.2, 0) is 16.0 Å². The molecule has 0 spiro atoms. The van der Waals surface area contributed by atoms with Crippen molar-refractivity contribution >= 4 is 39.0 Å². The number of rotatable bonds is 4. The van der Waals surface area contributed by atoms with Gasteiger partial charge in [0.15, 0.2) is 6.29 Å². The number of aliphatic hydroxyl groups excluding tert-OH is 1. The molecule has 3 aromatic heterocycles. The maximum Gasteiger partial charge on any atom is 0.246 e. The lowest BCUT2D eigenvalue weighted by Crippen LogP contribution is -2.45. The van der Waals surface area contributed by atoms with Gasteiger partial charge in [0.05, 0.1) is 51.2 Å². The Kier molecular flexibility index (Phi) is 7.24. The number of thiazole rings is 1.